The zero-order valence-electron chi connectivity index (χ0n) is 9.64. The number of anilines is 1. The fourth-order valence-electron chi connectivity index (χ4n) is 1.52. The number of carbonyl (C=O) groups is 1. The molecular weight excluding hydrogens is 294 g/mol. The van der Waals surface area contributed by atoms with Gasteiger partial charge in [-0.3, -0.25) is 4.79 Å². The number of nitrogens with zero attached hydrogens (tertiary/aromatic N) is 2. The lowest BCUT2D eigenvalue weighted by molar-refractivity contribution is -0.116. The van der Waals surface area contributed by atoms with Gasteiger partial charge in [-0.05, 0) is 36.2 Å². The third-order valence-corrected chi connectivity index (χ3v) is 2.86. The molecule has 0 saturated carbocycles. The number of rotatable bonds is 4. The van der Waals surface area contributed by atoms with E-state index in [1.54, 1.807) is 18.3 Å². The summed E-state index contributed by atoms with van der Waals surface area (Å²) in [4.78, 5) is 11.7. The number of aryl methyl sites for hydroxylation is 1. The first-order valence-corrected chi connectivity index (χ1v) is 6.35. The molecular formula is C13H12BrN3O. The van der Waals surface area contributed by atoms with Crippen molar-refractivity contribution in [2.75, 3.05) is 5.32 Å². The Bertz CT molecular complexity index is 531. The lowest BCUT2D eigenvalue weighted by Gasteiger charge is -2.04. The summed E-state index contributed by atoms with van der Waals surface area (Å²) in [5.41, 5.74) is 1.12. The van der Waals surface area contributed by atoms with Crippen LogP contribution in [0.4, 0.5) is 5.82 Å². The van der Waals surface area contributed by atoms with Crippen molar-refractivity contribution < 1.29 is 4.79 Å². The van der Waals surface area contributed by atoms with E-state index in [1.807, 2.05) is 24.3 Å². The first-order chi connectivity index (χ1) is 8.74. The van der Waals surface area contributed by atoms with E-state index < -0.39 is 0 Å². The highest BCUT2D eigenvalue weighted by Gasteiger charge is 2.04. The summed E-state index contributed by atoms with van der Waals surface area (Å²) in [5.74, 6) is 0.423. The predicted molar refractivity (Wildman–Crippen MR) is 73.1 cm³/mol. The van der Waals surface area contributed by atoms with Crippen molar-refractivity contribution >= 4 is 27.7 Å². The predicted octanol–water partition coefficient (Wildman–Crippen LogP) is 2.81. The number of carbonyl (C=O) groups excluding carboxylic acids is 1. The third-order valence-electron chi connectivity index (χ3n) is 2.37. The fourth-order valence-corrected chi connectivity index (χ4v) is 1.97. The van der Waals surface area contributed by atoms with Crippen LogP contribution in [0.3, 0.4) is 0 Å². The van der Waals surface area contributed by atoms with Gasteiger partial charge >= 0.3 is 0 Å². The van der Waals surface area contributed by atoms with Crippen LogP contribution in [0.1, 0.15) is 12.0 Å². The quantitative estimate of drug-likeness (QED) is 0.945. The average Bonchev–Trinajstić information content (AvgIpc) is 2.38. The van der Waals surface area contributed by atoms with Gasteiger partial charge in [0.25, 0.3) is 0 Å². The summed E-state index contributed by atoms with van der Waals surface area (Å²) in [6.07, 6.45) is 2.69. The van der Waals surface area contributed by atoms with Gasteiger partial charge in [0.2, 0.25) is 5.91 Å². The molecule has 1 aromatic carbocycles. The molecule has 0 aliphatic carbocycles. The van der Waals surface area contributed by atoms with Crippen LogP contribution in [0.25, 0.3) is 0 Å². The Morgan fingerprint density at radius 1 is 1.28 bits per heavy atom. The van der Waals surface area contributed by atoms with Gasteiger partial charge in [0, 0.05) is 17.1 Å². The fraction of sp³-hybridized carbons (Fsp3) is 0.154. The zero-order valence-corrected chi connectivity index (χ0v) is 11.2. The second-order valence-electron chi connectivity index (χ2n) is 3.79. The van der Waals surface area contributed by atoms with Crippen LogP contribution in [0, 0.1) is 0 Å². The molecule has 0 aliphatic heterocycles. The molecule has 0 spiro atoms. The monoisotopic (exact) mass is 305 g/mol. The summed E-state index contributed by atoms with van der Waals surface area (Å²) in [6, 6.07) is 11.4. The molecule has 1 N–H and O–H groups in total. The summed E-state index contributed by atoms with van der Waals surface area (Å²) < 4.78 is 1.02. The van der Waals surface area contributed by atoms with Crippen molar-refractivity contribution in [3.8, 4) is 0 Å². The lowest BCUT2D eigenvalue weighted by Crippen LogP contribution is -2.13. The largest absolute Gasteiger partial charge is 0.309 e. The molecule has 2 rings (SSSR count). The van der Waals surface area contributed by atoms with E-state index in [4.69, 9.17) is 0 Å². The summed E-state index contributed by atoms with van der Waals surface area (Å²) in [7, 11) is 0. The standard InChI is InChI=1S/C13H12BrN3O/c14-11-4-1-3-10(9-11)6-7-13(18)16-12-5-2-8-15-17-12/h1-5,8-9H,6-7H2,(H,16,17,18). The molecule has 0 fully saturated rings. The van der Waals surface area contributed by atoms with E-state index in [0.29, 0.717) is 18.7 Å². The van der Waals surface area contributed by atoms with Crippen LogP contribution >= 0.6 is 15.9 Å². The van der Waals surface area contributed by atoms with Crippen LogP contribution in [0.2, 0.25) is 0 Å². The Morgan fingerprint density at radius 2 is 2.17 bits per heavy atom. The molecule has 92 valence electrons. The number of hydrogen-bond donors (Lipinski definition) is 1. The highest BCUT2D eigenvalue weighted by molar-refractivity contribution is 9.10. The average molecular weight is 306 g/mol. The first-order valence-electron chi connectivity index (χ1n) is 5.56. The van der Waals surface area contributed by atoms with Crippen LogP contribution in [0.5, 0.6) is 0 Å². The number of benzene rings is 1. The number of hydrogen-bond acceptors (Lipinski definition) is 3. The second kappa shape index (κ2) is 6.26. The maximum atomic E-state index is 11.7. The minimum Gasteiger partial charge on any atom is -0.309 e. The Labute approximate surface area is 114 Å². The van der Waals surface area contributed by atoms with Gasteiger partial charge in [-0.2, -0.15) is 5.10 Å². The normalized spacial score (nSPS) is 10.1. The molecule has 5 heteroatoms. The van der Waals surface area contributed by atoms with Crippen LogP contribution in [-0.2, 0) is 11.2 Å². The molecule has 0 saturated heterocycles. The van der Waals surface area contributed by atoms with Crippen molar-refractivity contribution in [1.82, 2.24) is 10.2 Å². The molecule has 1 heterocycles. The topological polar surface area (TPSA) is 54.9 Å². The van der Waals surface area contributed by atoms with Crippen LogP contribution in [-0.4, -0.2) is 16.1 Å². The van der Waals surface area contributed by atoms with E-state index in [0.717, 1.165) is 10.0 Å². The van der Waals surface area contributed by atoms with E-state index in [2.05, 4.69) is 31.4 Å². The first kappa shape index (κ1) is 12.7. The van der Waals surface area contributed by atoms with Crippen LogP contribution in [0.15, 0.2) is 47.1 Å². The maximum Gasteiger partial charge on any atom is 0.225 e. The highest BCUT2D eigenvalue weighted by atomic mass is 79.9. The zero-order chi connectivity index (χ0) is 12.8. The third kappa shape index (κ3) is 3.92. The summed E-state index contributed by atoms with van der Waals surface area (Å²) in [6.45, 7) is 0. The number of halogens is 1. The van der Waals surface area contributed by atoms with Gasteiger partial charge in [-0.1, -0.05) is 28.1 Å². The number of aromatic nitrogens is 2. The van der Waals surface area contributed by atoms with Crippen LogP contribution < -0.4 is 5.32 Å². The van der Waals surface area contributed by atoms with E-state index in [-0.39, 0.29) is 5.91 Å². The van der Waals surface area contributed by atoms with Crippen molar-refractivity contribution in [2.45, 2.75) is 12.8 Å². The smallest absolute Gasteiger partial charge is 0.225 e. The number of amides is 1. The molecule has 4 nitrogen and oxygen atoms in total. The molecule has 0 aliphatic rings. The molecule has 18 heavy (non-hydrogen) atoms. The van der Waals surface area contributed by atoms with Crippen molar-refractivity contribution in [1.29, 1.82) is 0 Å². The Balaban J connectivity index is 1.85. The van der Waals surface area contributed by atoms with E-state index >= 15 is 0 Å². The summed E-state index contributed by atoms with van der Waals surface area (Å²) >= 11 is 3.40. The van der Waals surface area contributed by atoms with E-state index in [1.165, 1.54) is 0 Å². The molecule has 1 aromatic heterocycles. The van der Waals surface area contributed by atoms with Gasteiger partial charge in [-0.25, -0.2) is 0 Å². The maximum absolute atomic E-state index is 11.7. The Kier molecular flexibility index (Phi) is 4.41. The highest BCUT2D eigenvalue weighted by Crippen LogP contribution is 2.13. The Morgan fingerprint density at radius 3 is 2.89 bits per heavy atom. The summed E-state index contributed by atoms with van der Waals surface area (Å²) in [5, 5.41) is 10.2. The van der Waals surface area contributed by atoms with Gasteiger partial charge in [0.05, 0.1) is 0 Å². The van der Waals surface area contributed by atoms with Gasteiger partial charge in [-0.15, -0.1) is 5.10 Å². The number of nitrogens with one attached hydrogen (secondary N) is 1. The molecule has 0 radical (unpaired) electrons. The molecule has 0 atom stereocenters. The van der Waals surface area contributed by atoms with E-state index in [9.17, 15) is 4.79 Å². The van der Waals surface area contributed by atoms with Crippen molar-refractivity contribution in [2.24, 2.45) is 0 Å². The molecule has 0 unspecified atom stereocenters. The van der Waals surface area contributed by atoms with Crippen molar-refractivity contribution in [3.05, 3.63) is 52.6 Å². The molecule has 1 amide bonds. The Hall–Kier alpha value is -1.75. The minimum atomic E-state index is -0.0597. The van der Waals surface area contributed by atoms with Crippen molar-refractivity contribution in [3.63, 3.8) is 0 Å². The molecule has 0 bridgehead atoms. The van der Waals surface area contributed by atoms with Gasteiger partial charge in [0.1, 0.15) is 0 Å². The van der Waals surface area contributed by atoms with Gasteiger partial charge in [0.15, 0.2) is 5.82 Å². The SMILES string of the molecule is O=C(CCc1cccc(Br)c1)Nc1cccnn1. The van der Waals surface area contributed by atoms with Gasteiger partial charge < -0.3 is 5.32 Å². The second-order valence-corrected chi connectivity index (χ2v) is 4.70. The lowest BCUT2D eigenvalue weighted by atomic mass is 10.1. The molecule has 2 aromatic rings. The minimum absolute atomic E-state index is 0.0597.